The number of anilines is 1. The smallest absolute Gasteiger partial charge is 0.129 e. The maximum Gasteiger partial charge on any atom is 0.129 e. The summed E-state index contributed by atoms with van der Waals surface area (Å²) < 4.78 is 0. The van der Waals surface area contributed by atoms with Crippen LogP contribution in [-0.2, 0) is 0 Å². The minimum atomic E-state index is 0.532. The van der Waals surface area contributed by atoms with E-state index in [1.807, 2.05) is 31.3 Å². The summed E-state index contributed by atoms with van der Waals surface area (Å²) in [6, 6.07) is 9.73. The zero-order valence-corrected chi connectivity index (χ0v) is 7.97. The molecule has 0 unspecified atom stereocenters. The third kappa shape index (κ3) is 1.58. The number of halogens is 1. The Morgan fingerprint density at radius 3 is 2.85 bits per heavy atom. The highest BCUT2D eigenvalue weighted by Crippen LogP contribution is 2.19. The second-order valence-electron chi connectivity index (χ2n) is 2.79. The molecule has 13 heavy (non-hydrogen) atoms. The first-order valence-electron chi connectivity index (χ1n) is 4.03. The lowest BCUT2D eigenvalue weighted by atomic mass is 10.2. The van der Waals surface area contributed by atoms with Gasteiger partial charge in [-0.2, -0.15) is 0 Å². The number of nitrogens with one attached hydrogen (secondary N) is 1. The van der Waals surface area contributed by atoms with Gasteiger partial charge in [0.05, 0.1) is 5.52 Å². The highest BCUT2D eigenvalue weighted by atomic mass is 35.5. The van der Waals surface area contributed by atoms with Crippen molar-refractivity contribution >= 4 is 28.2 Å². The molecular weight excluding hydrogens is 184 g/mol. The highest BCUT2D eigenvalue weighted by molar-refractivity contribution is 6.29. The van der Waals surface area contributed by atoms with Crippen molar-refractivity contribution in [3.05, 3.63) is 35.5 Å². The molecule has 66 valence electrons. The average Bonchev–Trinajstić information content (AvgIpc) is 2.17. The summed E-state index contributed by atoms with van der Waals surface area (Å²) in [5, 5.41) is 4.70. The van der Waals surface area contributed by atoms with Crippen molar-refractivity contribution < 1.29 is 0 Å². The number of hydrogen-bond acceptors (Lipinski definition) is 2. The van der Waals surface area contributed by atoms with Crippen LogP contribution >= 0.6 is 11.6 Å². The van der Waals surface area contributed by atoms with E-state index in [4.69, 9.17) is 11.6 Å². The minimum absolute atomic E-state index is 0.532. The molecule has 2 rings (SSSR count). The van der Waals surface area contributed by atoms with Crippen molar-refractivity contribution in [3.8, 4) is 0 Å². The van der Waals surface area contributed by atoms with Crippen molar-refractivity contribution in [1.82, 2.24) is 4.98 Å². The fourth-order valence-electron chi connectivity index (χ4n) is 1.26. The molecule has 1 N–H and O–H groups in total. The van der Waals surface area contributed by atoms with Gasteiger partial charge in [-0.05, 0) is 30.3 Å². The third-order valence-electron chi connectivity index (χ3n) is 1.94. The Labute approximate surface area is 81.6 Å². The molecule has 0 aliphatic heterocycles. The van der Waals surface area contributed by atoms with Crippen LogP contribution in [0.3, 0.4) is 0 Å². The Hall–Kier alpha value is -1.28. The monoisotopic (exact) mass is 192 g/mol. The molecule has 0 bridgehead atoms. The highest BCUT2D eigenvalue weighted by Gasteiger charge is 1.96. The average molecular weight is 193 g/mol. The molecule has 1 heterocycles. The molecule has 0 saturated heterocycles. The zero-order valence-electron chi connectivity index (χ0n) is 7.21. The van der Waals surface area contributed by atoms with Gasteiger partial charge >= 0.3 is 0 Å². The zero-order chi connectivity index (χ0) is 9.26. The van der Waals surface area contributed by atoms with Gasteiger partial charge in [-0.25, -0.2) is 4.98 Å². The van der Waals surface area contributed by atoms with Crippen LogP contribution in [0.2, 0.25) is 5.15 Å². The second-order valence-corrected chi connectivity index (χ2v) is 3.18. The van der Waals surface area contributed by atoms with E-state index in [1.54, 1.807) is 6.07 Å². The molecule has 2 aromatic rings. The third-order valence-corrected chi connectivity index (χ3v) is 2.15. The molecule has 0 radical (unpaired) electrons. The van der Waals surface area contributed by atoms with Crippen molar-refractivity contribution in [2.75, 3.05) is 12.4 Å². The van der Waals surface area contributed by atoms with Gasteiger partial charge in [0.1, 0.15) is 5.15 Å². The Balaban J connectivity index is 2.66. The topological polar surface area (TPSA) is 24.9 Å². The molecule has 1 aromatic carbocycles. The van der Waals surface area contributed by atoms with Crippen molar-refractivity contribution in [3.63, 3.8) is 0 Å². The Morgan fingerprint density at radius 2 is 2.08 bits per heavy atom. The van der Waals surface area contributed by atoms with Gasteiger partial charge < -0.3 is 5.32 Å². The molecule has 0 atom stereocenters. The van der Waals surface area contributed by atoms with Crippen molar-refractivity contribution in [2.24, 2.45) is 0 Å². The van der Waals surface area contributed by atoms with E-state index in [0.717, 1.165) is 16.6 Å². The van der Waals surface area contributed by atoms with Crippen LogP contribution in [0.1, 0.15) is 0 Å². The summed E-state index contributed by atoms with van der Waals surface area (Å²) in [6.07, 6.45) is 0. The standard InChI is InChI=1S/C10H9ClN2/c1-12-8-3-4-9-7(6-8)2-5-10(11)13-9/h2-6,12H,1H3. The summed E-state index contributed by atoms with van der Waals surface area (Å²) in [4.78, 5) is 4.19. The first-order valence-corrected chi connectivity index (χ1v) is 4.41. The first kappa shape index (κ1) is 8.32. The van der Waals surface area contributed by atoms with E-state index >= 15 is 0 Å². The normalized spacial score (nSPS) is 10.3. The Bertz CT molecular complexity index is 440. The number of fused-ring (bicyclic) bond motifs is 1. The number of nitrogens with zero attached hydrogens (tertiary/aromatic N) is 1. The van der Waals surface area contributed by atoms with E-state index in [9.17, 15) is 0 Å². The van der Waals surface area contributed by atoms with E-state index in [-0.39, 0.29) is 0 Å². The molecule has 0 aliphatic rings. The van der Waals surface area contributed by atoms with Crippen LogP contribution in [0, 0.1) is 0 Å². The van der Waals surface area contributed by atoms with Crippen molar-refractivity contribution in [1.29, 1.82) is 0 Å². The number of benzene rings is 1. The number of pyridine rings is 1. The summed E-state index contributed by atoms with van der Waals surface area (Å²) in [6.45, 7) is 0. The molecule has 0 amide bonds. The van der Waals surface area contributed by atoms with Gasteiger partial charge in [0.25, 0.3) is 0 Å². The second kappa shape index (κ2) is 3.23. The van der Waals surface area contributed by atoms with Gasteiger partial charge in [0.15, 0.2) is 0 Å². The van der Waals surface area contributed by atoms with Crippen LogP contribution < -0.4 is 5.32 Å². The quantitative estimate of drug-likeness (QED) is 0.703. The lowest BCUT2D eigenvalue weighted by Gasteiger charge is -2.01. The Morgan fingerprint density at radius 1 is 1.23 bits per heavy atom. The summed E-state index contributed by atoms with van der Waals surface area (Å²) in [5.74, 6) is 0. The van der Waals surface area contributed by atoms with Crippen molar-refractivity contribution in [2.45, 2.75) is 0 Å². The molecule has 0 fully saturated rings. The van der Waals surface area contributed by atoms with Gasteiger partial charge in [0.2, 0.25) is 0 Å². The molecular formula is C10H9ClN2. The summed E-state index contributed by atoms with van der Waals surface area (Å²) >= 11 is 5.77. The fourth-order valence-corrected chi connectivity index (χ4v) is 1.41. The van der Waals surface area contributed by atoms with E-state index in [1.165, 1.54) is 0 Å². The molecule has 3 heteroatoms. The van der Waals surface area contributed by atoms with E-state index < -0.39 is 0 Å². The number of hydrogen-bond donors (Lipinski definition) is 1. The fraction of sp³-hybridized carbons (Fsp3) is 0.100. The lowest BCUT2D eigenvalue weighted by molar-refractivity contribution is 1.41. The number of aromatic nitrogens is 1. The maximum atomic E-state index is 5.77. The van der Waals surface area contributed by atoms with Crippen LogP contribution in [0.25, 0.3) is 10.9 Å². The maximum absolute atomic E-state index is 5.77. The molecule has 0 saturated carbocycles. The van der Waals surface area contributed by atoms with Crippen LogP contribution in [0.15, 0.2) is 30.3 Å². The van der Waals surface area contributed by atoms with Gasteiger partial charge in [-0.3, -0.25) is 0 Å². The summed E-state index contributed by atoms with van der Waals surface area (Å²) in [5.41, 5.74) is 2.00. The number of rotatable bonds is 1. The SMILES string of the molecule is CNc1ccc2nc(Cl)ccc2c1. The van der Waals surface area contributed by atoms with Crippen LogP contribution in [0.4, 0.5) is 5.69 Å². The van der Waals surface area contributed by atoms with E-state index in [2.05, 4.69) is 10.3 Å². The largest absolute Gasteiger partial charge is 0.388 e. The molecule has 0 spiro atoms. The summed E-state index contributed by atoms with van der Waals surface area (Å²) in [7, 11) is 1.89. The van der Waals surface area contributed by atoms with Gasteiger partial charge in [-0.15, -0.1) is 0 Å². The Kier molecular flexibility index (Phi) is 2.07. The van der Waals surface area contributed by atoms with Gasteiger partial charge in [0, 0.05) is 18.1 Å². The molecule has 0 aliphatic carbocycles. The minimum Gasteiger partial charge on any atom is -0.388 e. The first-order chi connectivity index (χ1) is 6.29. The molecule has 2 nitrogen and oxygen atoms in total. The molecule has 1 aromatic heterocycles. The lowest BCUT2D eigenvalue weighted by Crippen LogP contribution is -1.87. The predicted molar refractivity (Wildman–Crippen MR) is 56.3 cm³/mol. The van der Waals surface area contributed by atoms with Gasteiger partial charge in [-0.1, -0.05) is 11.6 Å². The van der Waals surface area contributed by atoms with Crippen LogP contribution in [0.5, 0.6) is 0 Å². The predicted octanol–water partition coefficient (Wildman–Crippen LogP) is 2.93. The van der Waals surface area contributed by atoms with Crippen LogP contribution in [-0.4, -0.2) is 12.0 Å². The van der Waals surface area contributed by atoms with E-state index in [0.29, 0.717) is 5.15 Å².